The fourth-order valence-electron chi connectivity index (χ4n) is 2.80. The third-order valence-corrected chi connectivity index (χ3v) is 4.52. The standard InChI is InChI=1S/C18H19ClFN3S/c1-12-4-6-14(11-15(12)20)21-18(24)22-16-10-13(19)5-7-17(16)23-8-2-3-9-23/h4-7,10-11H,2-3,8-9H2,1H3,(H2,21,22,24). The molecule has 3 rings (SSSR count). The molecule has 3 nitrogen and oxygen atoms in total. The zero-order chi connectivity index (χ0) is 17.1. The Morgan fingerprint density at radius 3 is 2.58 bits per heavy atom. The van der Waals surface area contributed by atoms with Crippen molar-refractivity contribution < 1.29 is 4.39 Å². The topological polar surface area (TPSA) is 27.3 Å². The van der Waals surface area contributed by atoms with Gasteiger partial charge in [-0.25, -0.2) is 4.39 Å². The molecule has 1 fully saturated rings. The van der Waals surface area contributed by atoms with Crippen LogP contribution in [-0.4, -0.2) is 18.2 Å². The van der Waals surface area contributed by atoms with Gasteiger partial charge in [-0.3, -0.25) is 0 Å². The number of hydrogen-bond acceptors (Lipinski definition) is 2. The molecular weight excluding hydrogens is 345 g/mol. The number of nitrogens with zero attached hydrogens (tertiary/aromatic N) is 1. The van der Waals surface area contributed by atoms with Crippen LogP contribution in [0.1, 0.15) is 18.4 Å². The molecule has 2 aromatic rings. The smallest absolute Gasteiger partial charge is 0.175 e. The maximum atomic E-state index is 13.7. The second-order valence-corrected chi connectivity index (χ2v) is 6.74. The van der Waals surface area contributed by atoms with Gasteiger partial charge in [0.15, 0.2) is 5.11 Å². The Bertz CT molecular complexity index is 760. The summed E-state index contributed by atoms with van der Waals surface area (Å²) in [5.74, 6) is -0.261. The molecule has 1 heterocycles. The van der Waals surface area contributed by atoms with Crippen molar-refractivity contribution in [2.24, 2.45) is 0 Å². The third-order valence-electron chi connectivity index (χ3n) is 4.08. The summed E-state index contributed by atoms with van der Waals surface area (Å²) in [5.41, 5.74) is 3.15. The van der Waals surface area contributed by atoms with E-state index in [0.717, 1.165) is 24.5 Å². The number of halogens is 2. The van der Waals surface area contributed by atoms with Gasteiger partial charge in [-0.15, -0.1) is 0 Å². The molecule has 126 valence electrons. The van der Waals surface area contributed by atoms with Crippen LogP contribution >= 0.6 is 23.8 Å². The molecule has 0 unspecified atom stereocenters. The largest absolute Gasteiger partial charge is 0.370 e. The van der Waals surface area contributed by atoms with E-state index < -0.39 is 0 Å². The van der Waals surface area contributed by atoms with Crippen LogP contribution < -0.4 is 15.5 Å². The highest BCUT2D eigenvalue weighted by molar-refractivity contribution is 7.80. The van der Waals surface area contributed by atoms with Crippen molar-refractivity contribution in [3.8, 4) is 0 Å². The molecule has 0 radical (unpaired) electrons. The summed E-state index contributed by atoms with van der Waals surface area (Å²) in [6.45, 7) is 3.78. The summed E-state index contributed by atoms with van der Waals surface area (Å²) in [6.07, 6.45) is 2.38. The molecule has 0 aromatic heterocycles. The number of nitrogens with one attached hydrogen (secondary N) is 2. The van der Waals surface area contributed by atoms with Gasteiger partial charge in [-0.05, 0) is 67.9 Å². The summed E-state index contributed by atoms with van der Waals surface area (Å²) in [7, 11) is 0. The van der Waals surface area contributed by atoms with Crippen molar-refractivity contribution >= 4 is 46.0 Å². The fraction of sp³-hybridized carbons (Fsp3) is 0.278. The van der Waals surface area contributed by atoms with Gasteiger partial charge in [-0.2, -0.15) is 0 Å². The SMILES string of the molecule is Cc1ccc(NC(=S)Nc2cc(Cl)ccc2N2CCCC2)cc1F. The minimum absolute atomic E-state index is 0.261. The molecular formula is C18H19ClFN3S. The van der Waals surface area contributed by atoms with Crippen LogP contribution in [0.4, 0.5) is 21.5 Å². The lowest BCUT2D eigenvalue weighted by molar-refractivity contribution is 0.619. The van der Waals surface area contributed by atoms with Gasteiger partial charge in [0.1, 0.15) is 5.82 Å². The number of thiocarbonyl (C=S) groups is 1. The molecule has 1 aliphatic heterocycles. The monoisotopic (exact) mass is 363 g/mol. The molecule has 2 N–H and O–H groups in total. The van der Waals surface area contributed by atoms with Crippen molar-refractivity contribution in [3.05, 3.63) is 52.8 Å². The van der Waals surface area contributed by atoms with Gasteiger partial charge in [0, 0.05) is 23.8 Å². The first-order valence-corrected chi connectivity index (χ1v) is 8.70. The lowest BCUT2D eigenvalue weighted by Crippen LogP contribution is -2.23. The van der Waals surface area contributed by atoms with E-state index in [0.29, 0.717) is 21.4 Å². The highest BCUT2D eigenvalue weighted by Crippen LogP contribution is 2.31. The first-order valence-electron chi connectivity index (χ1n) is 7.91. The van der Waals surface area contributed by atoms with E-state index in [1.54, 1.807) is 19.1 Å². The van der Waals surface area contributed by atoms with Crippen LogP contribution in [0.25, 0.3) is 0 Å². The maximum Gasteiger partial charge on any atom is 0.175 e. The van der Waals surface area contributed by atoms with Crippen LogP contribution in [0.2, 0.25) is 5.02 Å². The van der Waals surface area contributed by atoms with Gasteiger partial charge < -0.3 is 15.5 Å². The van der Waals surface area contributed by atoms with Crippen molar-refractivity contribution in [2.45, 2.75) is 19.8 Å². The maximum absolute atomic E-state index is 13.7. The van der Waals surface area contributed by atoms with E-state index in [2.05, 4.69) is 15.5 Å². The summed E-state index contributed by atoms with van der Waals surface area (Å²) >= 11 is 11.5. The Labute approximate surface area is 151 Å². The Balaban J connectivity index is 1.75. The lowest BCUT2D eigenvalue weighted by Gasteiger charge is -2.22. The minimum atomic E-state index is -0.261. The number of hydrogen-bond donors (Lipinski definition) is 2. The van der Waals surface area contributed by atoms with Gasteiger partial charge in [0.25, 0.3) is 0 Å². The highest BCUT2D eigenvalue weighted by Gasteiger charge is 2.16. The van der Waals surface area contributed by atoms with E-state index >= 15 is 0 Å². The molecule has 0 amide bonds. The Morgan fingerprint density at radius 1 is 1.12 bits per heavy atom. The Morgan fingerprint density at radius 2 is 1.88 bits per heavy atom. The number of rotatable bonds is 3. The first-order chi connectivity index (χ1) is 11.5. The Kier molecular flexibility index (Phi) is 5.21. The quantitative estimate of drug-likeness (QED) is 0.733. The lowest BCUT2D eigenvalue weighted by atomic mass is 10.2. The minimum Gasteiger partial charge on any atom is -0.370 e. The van der Waals surface area contributed by atoms with Gasteiger partial charge in [0.2, 0.25) is 0 Å². The van der Waals surface area contributed by atoms with Crippen molar-refractivity contribution in [1.82, 2.24) is 0 Å². The molecule has 0 bridgehead atoms. The molecule has 0 atom stereocenters. The van der Waals surface area contributed by atoms with Crippen molar-refractivity contribution in [2.75, 3.05) is 28.6 Å². The van der Waals surface area contributed by atoms with E-state index in [-0.39, 0.29) is 5.82 Å². The van der Waals surface area contributed by atoms with Crippen LogP contribution in [0.15, 0.2) is 36.4 Å². The second kappa shape index (κ2) is 7.36. The highest BCUT2D eigenvalue weighted by atomic mass is 35.5. The van der Waals surface area contributed by atoms with Gasteiger partial charge in [0.05, 0.1) is 11.4 Å². The summed E-state index contributed by atoms with van der Waals surface area (Å²) in [4.78, 5) is 2.31. The molecule has 6 heteroatoms. The number of benzene rings is 2. The predicted molar refractivity (Wildman–Crippen MR) is 104 cm³/mol. The number of aryl methyl sites for hydroxylation is 1. The van der Waals surface area contributed by atoms with Crippen LogP contribution in [-0.2, 0) is 0 Å². The van der Waals surface area contributed by atoms with E-state index in [1.165, 1.54) is 18.9 Å². The molecule has 2 aromatic carbocycles. The molecule has 0 aliphatic carbocycles. The average molecular weight is 364 g/mol. The molecule has 1 saturated heterocycles. The van der Waals surface area contributed by atoms with Crippen LogP contribution in [0.3, 0.4) is 0 Å². The van der Waals surface area contributed by atoms with E-state index in [1.807, 2.05) is 18.2 Å². The van der Waals surface area contributed by atoms with Gasteiger partial charge >= 0.3 is 0 Å². The summed E-state index contributed by atoms with van der Waals surface area (Å²) in [5, 5.41) is 7.24. The molecule has 24 heavy (non-hydrogen) atoms. The number of anilines is 3. The summed E-state index contributed by atoms with van der Waals surface area (Å²) < 4.78 is 13.7. The fourth-order valence-corrected chi connectivity index (χ4v) is 3.20. The van der Waals surface area contributed by atoms with E-state index in [9.17, 15) is 4.39 Å². The second-order valence-electron chi connectivity index (χ2n) is 5.90. The van der Waals surface area contributed by atoms with Crippen LogP contribution in [0.5, 0.6) is 0 Å². The van der Waals surface area contributed by atoms with E-state index in [4.69, 9.17) is 23.8 Å². The molecule has 1 aliphatic rings. The average Bonchev–Trinajstić information content (AvgIpc) is 3.05. The van der Waals surface area contributed by atoms with Gasteiger partial charge in [-0.1, -0.05) is 17.7 Å². The third kappa shape index (κ3) is 3.97. The van der Waals surface area contributed by atoms with Crippen LogP contribution in [0, 0.1) is 12.7 Å². The van der Waals surface area contributed by atoms with Crippen molar-refractivity contribution in [1.29, 1.82) is 0 Å². The van der Waals surface area contributed by atoms with Crippen molar-refractivity contribution in [3.63, 3.8) is 0 Å². The predicted octanol–water partition coefficient (Wildman–Crippen LogP) is 5.20. The first kappa shape index (κ1) is 17.0. The zero-order valence-corrected chi connectivity index (χ0v) is 15.0. The Hall–Kier alpha value is -1.85. The molecule has 0 spiro atoms. The molecule has 0 saturated carbocycles. The zero-order valence-electron chi connectivity index (χ0n) is 13.4. The normalized spacial score (nSPS) is 13.9. The summed E-state index contributed by atoms with van der Waals surface area (Å²) in [6, 6.07) is 10.7.